The van der Waals surface area contributed by atoms with Crippen molar-refractivity contribution in [3.05, 3.63) is 0 Å². The monoisotopic (exact) mass is 212 g/mol. The van der Waals surface area contributed by atoms with Gasteiger partial charge in [-0.25, -0.2) is 0 Å². The lowest BCUT2D eigenvalue weighted by atomic mass is 10.3. The summed E-state index contributed by atoms with van der Waals surface area (Å²) in [7, 11) is 0. The van der Waals surface area contributed by atoms with Crippen LogP contribution in [-0.4, -0.2) is 24.5 Å². The van der Waals surface area contributed by atoms with Gasteiger partial charge in [-0.3, -0.25) is 9.59 Å². The predicted molar refractivity (Wildman–Crippen MR) is 42.1 cm³/mol. The third-order valence-electron chi connectivity index (χ3n) is 1.29. The Bertz CT molecular complexity index is 215. The van der Waals surface area contributed by atoms with Gasteiger partial charge >= 0.3 is 6.18 Å². The SMILES string of the molecule is NC(=O)CC(=O)NCCCC(F)(F)F. The number of carbonyl (C=O) groups excluding carboxylic acids is 2. The van der Waals surface area contributed by atoms with Crippen LogP contribution in [0.25, 0.3) is 0 Å². The highest BCUT2D eigenvalue weighted by Gasteiger charge is 2.25. The molecule has 0 aliphatic heterocycles. The first-order valence-corrected chi connectivity index (χ1v) is 3.93. The van der Waals surface area contributed by atoms with Crippen LogP contribution in [0.2, 0.25) is 0 Å². The Kier molecular flexibility index (Phi) is 4.96. The van der Waals surface area contributed by atoms with E-state index < -0.39 is 30.8 Å². The Hall–Kier alpha value is -1.27. The molecule has 0 aromatic rings. The lowest BCUT2D eigenvalue weighted by Gasteiger charge is -2.06. The topological polar surface area (TPSA) is 72.2 Å². The normalized spacial score (nSPS) is 11.1. The van der Waals surface area contributed by atoms with Crippen LogP contribution in [-0.2, 0) is 9.59 Å². The van der Waals surface area contributed by atoms with Gasteiger partial charge < -0.3 is 11.1 Å². The molecule has 0 spiro atoms. The van der Waals surface area contributed by atoms with Gasteiger partial charge in [0.2, 0.25) is 11.8 Å². The van der Waals surface area contributed by atoms with Crippen LogP contribution in [0.4, 0.5) is 13.2 Å². The second-order valence-corrected chi connectivity index (χ2v) is 2.71. The second kappa shape index (κ2) is 5.46. The fraction of sp³-hybridized carbons (Fsp3) is 0.714. The molecular weight excluding hydrogens is 201 g/mol. The number of alkyl halides is 3. The molecule has 3 N–H and O–H groups in total. The number of nitrogens with two attached hydrogens (primary N) is 1. The van der Waals surface area contributed by atoms with Gasteiger partial charge in [-0.1, -0.05) is 0 Å². The van der Waals surface area contributed by atoms with Crippen molar-refractivity contribution in [2.75, 3.05) is 6.54 Å². The standard InChI is InChI=1S/C7H11F3N2O2/c8-7(9,10)2-1-3-12-6(14)4-5(11)13/h1-4H2,(H2,11,13)(H,12,14). The van der Waals surface area contributed by atoms with Crippen molar-refractivity contribution in [2.24, 2.45) is 5.73 Å². The molecule has 0 saturated carbocycles. The molecular formula is C7H11F3N2O2. The van der Waals surface area contributed by atoms with Gasteiger partial charge in [-0.15, -0.1) is 0 Å². The first-order valence-electron chi connectivity index (χ1n) is 3.93. The molecule has 0 heterocycles. The summed E-state index contributed by atoms with van der Waals surface area (Å²) in [6.45, 7) is -0.106. The van der Waals surface area contributed by atoms with Crippen LogP contribution in [0, 0.1) is 0 Å². The van der Waals surface area contributed by atoms with Gasteiger partial charge in [0.25, 0.3) is 0 Å². The maximum Gasteiger partial charge on any atom is 0.389 e. The molecule has 0 bridgehead atoms. The zero-order chi connectivity index (χ0) is 11.2. The molecule has 0 aromatic carbocycles. The molecule has 0 saturated heterocycles. The maximum absolute atomic E-state index is 11.6. The van der Waals surface area contributed by atoms with Crippen molar-refractivity contribution in [1.82, 2.24) is 5.32 Å². The number of hydrogen-bond acceptors (Lipinski definition) is 2. The van der Waals surface area contributed by atoms with Gasteiger partial charge in [-0.05, 0) is 6.42 Å². The quantitative estimate of drug-likeness (QED) is 0.509. The number of halogens is 3. The smallest absolute Gasteiger partial charge is 0.369 e. The first-order chi connectivity index (χ1) is 6.31. The lowest BCUT2D eigenvalue weighted by molar-refractivity contribution is -0.136. The van der Waals surface area contributed by atoms with Crippen LogP contribution in [0.1, 0.15) is 19.3 Å². The molecule has 0 atom stereocenters. The second-order valence-electron chi connectivity index (χ2n) is 2.71. The molecule has 0 fully saturated rings. The summed E-state index contributed by atoms with van der Waals surface area (Å²) < 4.78 is 34.8. The molecule has 0 aromatic heterocycles. The molecule has 14 heavy (non-hydrogen) atoms. The first kappa shape index (κ1) is 12.7. The third-order valence-corrected chi connectivity index (χ3v) is 1.29. The minimum Gasteiger partial charge on any atom is -0.369 e. The highest BCUT2D eigenvalue weighted by molar-refractivity contribution is 5.95. The summed E-state index contributed by atoms with van der Waals surface area (Å²) in [6.07, 6.45) is -5.86. The molecule has 4 nitrogen and oxygen atoms in total. The van der Waals surface area contributed by atoms with Crippen molar-refractivity contribution in [3.63, 3.8) is 0 Å². The number of primary amides is 1. The molecule has 7 heteroatoms. The van der Waals surface area contributed by atoms with Crippen LogP contribution >= 0.6 is 0 Å². The molecule has 2 amide bonds. The number of amides is 2. The van der Waals surface area contributed by atoms with Crippen molar-refractivity contribution >= 4 is 11.8 Å². The fourth-order valence-electron chi connectivity index (χ4n) is 0.737. The average molecular weight is 212 g/mol. The van der Waals surface area contributed by atoms with Crippen molar-refractivity contribution in [1.29, 1.82) is 0 Å². The summed E-state index contributed by atoms with van der Waals surface area (Å²) in [5.74, 6) is -1.46. The average Bonchev–Trinajstić information content (AvgIpc) is 1.95. The number of carbonyl (C=O) groups is 2. The summed E-state index contributed by atoms with van der Waals surface area (Å²) >= 11 is 0. The van der Waals surface area contributed by atoms with Gasteiger partial charge in [0, 0.05) is 13.0 Å². The van der Waals surface area contributed by atoms with E-state index in [0.717, 1.165) is 0 Å². The van der Waals surface area contributed by atoms with E-state index in [2.05, 4.69) is 11.1 Å². The molecule has 0 aliphatic rings. The van der Waals surface area contributed by atoms with E-state index in [1.165, 1.54) is 0 Å². The Morgan fingerprint density at radius 2 is 1.86 bits per heavy atom. The van der Waals surface area contributed by atoms with Gasteiger partial charge in [-0.2, -0.15) is 13.2 Å². The zero-order valence-electron chi connectivity index (χ0n) is 7.36. The minimum absolute atomic E-state index is 0.106. The molecule has 0 unspecified atom stereocenters. The Morgan fingerprint density at radius 3 is 2.29 bits per heavy atom. The molecule has 0 aliphatic carbocycles. The van der Waals surface area contributed by atoms with Crippen LogP contribution in [0.15, 0.2) is 0 Å². The van der Waals surface area contributed by atoms with Crippen LogP contribution in [0.3, 0.4) is 0 Å². The van der Waals surface area contributed by atoms with E-state index in [0.29, 0.717) is 0 Å². The van der Waals surface area contributed by atoms with Crippen molar-refractivity contribution in [2.45, 2.75) is 25.4 Å². The number of nitrogens with one attached hydrogen (secondary N) is 1. The van der Waals surface area contributed by atoms with Gasteiger partial charge in [0.1, 0.15) is 6.42 Å². The third kappa shape index (κ3) is 8.82. The summed E-state index contributed by atoms with van der Waals surface area (Å²) in [5.41, 5.74) is 4.69. The lowest BCUT2D eigenvalue weighted by Crippen LogP contribution is -2.29. The number of rotatable bonds is 5. The molecule has 82 valence electrons. The van der Waals surface area contributed by atoms with E-state index in [1.54, 1.807) is 0 Å². The van der Waals surface area contributed by atoms with Gasteiger partial charge in [0.15, 0.2) is 0 Å². The minimum atomic E-state index is -4.21. The van der Waals surface area contributed by atoms with E-state index in [9.17, 15) is 22.8 Å². The zero-order valence-corrected chi connectivity index (χ0v) is 7.36. The van der Waals surface area contributed by atoms with Crippen LogP contribution in [0.5, 0.6) is 0 Å². The summed E-state index contributed by atoms with van der Waals surface area (Å²) in [4.78, 5) is 20.9. The maximum atomic E-state index is 11.6. The van der Waals surface area contributed by atoms with E-state index in [1.807, 2.05) is 0 Å². The van der Waals surface area contributed by atoms with Gasteiger partial charge in [0.05, 0.1) is 0 Å². The largest absolute Gasteiger partial charge is 0.389 e. The van der Waals surface area contributed by atoms with Crippen molar-refractivity contribution in [3.8, 4) is 0 Å². The summed E-state index contributed by atoms with van der Waals surface area (Å²) in [6, 6.07) is 0. The number of hydrogen-bond donors (Lipinski definition) is 2. The molecule has 0 rings (SSSR count). The van der Waals surface area contributed by atoms with Crippen LogP contribution < -0.4 is 11.1 Å². The molecule has 0 radical (unpaired) electrons. The predicted octanol–water partition coefficient (Wildman–Crippen LogP) is 0.320. The Labute approximate surface area is 78.6 Å². The van der Waals surface area contributed by atoms with E-state index in [-0.39, 0.29) is 13.0 Å². The summed E-state index contributed by atoms with van der Waals surface area (Å²) in [5, 5.41) is 2.15. The highest BCUT2D eigenvalue weighted by atomic mass is 19.4. The Balaban J connectivity index is 3.46. The van der Waals surface area contributed by atoms with E-state index in [4.69, 9.17) is 0 Å². The van der Waals surface area contributed by atoms with E-state index >= 15 is 0 Å². The Morgan fingerprint density at radius 1 is 1.29 bits per heavy atom. The highest BCUT2D eigenvalue weighted by Crippen LogP contribution is 2.20. The van der Waals surface area contributed by atoms with Crippen molar-refractivity contribution < 1.29 is 22.8 Å². The fourth-order valence-corrected chi connectivity index (χ4v) is 0.737.